The smallest absolute Gasteiger partial charge is 0.232 e. The highest BCUT2D eigenvalue weighted by molar-refractivity contribution is 5.93. The average molecular weight is 569 g/mol. The third kappa shape index (κ3) is 4.62. The van der Waals surface area contributed by atoms with E-state index in [0.717, 1.165) is 63.4 Å². The van der Waals surface area contributed by atoms with Crippen LogP contribution >= 0.6 is 0 Å². The van der Waals surface area contributed by atoms with Crippen molar-refractivity contribution in [1.29, 1.82) is 0 Å². The van der Waals surface area contributed by atoms with Crippen LogP contribution in [-0.2, 0) is 9.59 Å². The van der Waals surface area contributed by atoms with Crippen molar-refractivity contribution in [3.63, 3.8) is 0 Å². The Kier molecular flexibility index (Phi) is 7.12. The molecule has 7 rings (SSSR count). The summed E-state index contributed by atoms with van der Waals surface area (Å²) in [5.41, 5.74) is 0.190. The molecule has 0 radical (unpaired) electrons. The van der Waals surface area contributed by atoms with Gasteiger partial charge in [-0.1, -0.05) is 40.0 Å². The molecular formula is C34H53FN4O2. The lowest BCUT2D eigenvalue weighted by atomic mass is 9.55. The van der Waals surface area contributed by atoms with Crippen LogP contribution in [-0.4, -0.2) is 55.2 Å². The predicted octanol–water partition coefficient (Wildman–Crippen LogP) is 4.64. The number of halogens is 1. The largest absolute Gasteiger partial charge is 0.353 e. The van der Waals surface area contributed by atoms with Gasteiger partial charge in [0, 0.05) is 30.6 Å². The van der Waals surface area contributed by atoms with Gasteiger partial charge in [0.1, 0.15) is 6.17 Å². The zero-order chi connectivity index (χ0) is 28.7. The normalized spacial score (nSPS) is 49.5. The lowest BCUT2D eigenvalue weighted by Gasteiger charge is -2.49. The van der Waals surface area contributed by atoms with Crippen molar-refractivity contribution in [3.8, 4) is 0 Å². The van der Waals surface area contributed by atoms with Crippen LogP contribution in [0, 0.1) is 46.3 Å². The zero-order valence-corrected chi connectivity index (χ0v) is 25.7. The molecule has 3 saturated heterocycles. The molecule has 3 saturated carbocycles. The van der Waals surface area contributed by atoms with Crippen molar-refractivity contribution in [3.05, 3.63) is 11.6 Å². The third-order valence-electron chi connectivity index (χ3n) is 13.2. The number of carbonyl (C=O) groups excluding carboxylic acids is 2. The first-order chi connectivity index (χ1) is 19.6. The van der Waals surface area contributed by atoms with Crippen LogP contribution in [0.4, 0.5) is 4.39 Å². The SMILES string of the molecule is CNC1CCC2CC1C(C)(C)C[C@H]1N[C@@H](CC(=O)N2)C(C2CCCC(C)C2)[C@@]12C(=O)NC1CC(C3CC3)C(F)C=C12. The molecule has 0 aromatic heterocycles. The summed E-state index contributed by atoms with van der Waals surface area (Å²) in [4.78, 5) is 28.4. The summed E-state index contributed by atoms with van der Waals surface area (Å²) in [7, 11) is 2.07. The summed E-state index contributed by atoms with van der Waals surface area (Å²) < 4.78 is 16.0. The summed E-state index contributed by atoms with van der Waals surface area (Å²) in [6.07, 6.45) is 12.8. The van der Waals surface area contributed by atoms with Crippen molar-refractivity contribution >= 4 is 11.8 Å². The summed E-state index contributed by atoms with van der Waals surface area (Å²) in [6, 6.07) is 0.349. The Morgan fingerprint density at radius 3 is 2.51 bits per heavy atom. The van der Waals surface area contributed by atoms with E-state index < -0.39 is 11.6 Å². The summed E-state index contributed by atoms with van der Waals surface area (Å²) in [6.45, 7) is 7.10. The lowest BCUT2D eigenvalue weighted by molar-refractivity contribution is -0.132. The molecule has 4 aliphatic carbocycles. The highest BCUT2D eigenvalue weighted by Gasteiger charge is 2.69. The molecule has 2 amide bonds. The molecule has 4 bridgehead atoms. The molecule has 3 heterocycles. The van der Waals surface area contributed by atoms with Crippen LogP contribution in [0.5, 0.6) is 0 Å². The molecule has 41 heavy (non-hydrogen) atoms. The van der Waals surface area contributed by atoms with E-state index in [2.05, 4.69) is 49.1 Å². The molecule has 12 atom stereocenters. The van der Waals surface area contributed by atoms with Gasteiger partial charge in [-0.25, -0.2) is 4.39 Å². The maximum atomic E-state index is 16.0. The summed E-state index contributed by atoms with van der Waals surface area (Å²) in [5, 5.41) is 14.5. The van der Waals surface area contributed by atoms with E-state index in [4.69, 9.17) is 0 Å². The van der Waals surface area contributed by atoms with Gasteiger partial charge in [0.15, 0.2) is 0 Å². The highest BCUT2D eigenvalue weighted by Crippen LogP contribution is 2.61. The molecular weight excluding hydrogens is 515 g/mol. The second-order valence-corrected chi connectivity index (χ2v) is 16.1. The fraction of sp³-hybridized carbons (Fsp3) is 0.882. The summed E-state index contributed by atoms with van der Waals surface area (Å²) >= 11 is 0. The van der Waals surface area contributed by atoms with Gasteiger partial charge in [0.2, 0.25) is 11.8 Å². The molecule has 6 fully saturated rings. The van der Waals surface area contributed by atoms with Gasteiger partial charge in [-0.3, -0.25) is 9.59 Å². The highest BCUT2D eigenvalue weighted by atomic mass is 19.1. The first kappa shape index (κ1) is 28.3. The molecule has 4 N–H and O–H groups in total. The molecule has 228 valence electrons. The van der Waals surface area contributed by atoms with Crippen LogP contribution in [0.15, 0.2) is 11.6 Å². The molecule has 6 nitrogen and oxygen atoms in total. The van der Waals surface area contributed by atoms with Crippen LogP contribution in [0.3, 0.4) is 0 Å². The average Bonchev–Trinajstić information content (AvgIpc) is 3.67. The molecule has 3 aliphatic heterocycles. The number of fused-ring (bicyclic) bond motifs is 7. The Hall–Kier alpha value is -1.47. The molecule has 0 aromatic rings. The van der Waals surface area contributed by atoms with Crippen LogP contribution in [0.1, 0.15) is 97.8 Å². The Bertz CT molecular complexity index is 1090. The second-order valence-electron chi connectivity index (χ2n) is 16.1. The minimum Gasteiger partial charge on any atom is -0.353 e. The first-order valence-corrected chi connectivity index (χ1v) is 17.0. The van der Waals surface area contributed by atoms with Gasteiger partial charge in [-0.15, -0.1) is 0 Å². The number of allylic oxidation sites excluding steroid dienone is 1. The van der Waals surface area contributed by atoms with Gasteiger partial charge in [-0.2, -0.15) is 0 Å². The van der Waals surface area contributed by atoms with Crippen molar-refractivity contribution < 1.29 is 14.0 Å². The summed E-state index contributed by atoms with van der Waals surface area (Å²) in [5.74, 6) is 2.08. The topological polar surface area (TPSA) is 82.3 Å². The number of nitrogens with one attached hydrogen (secondary N) is 4. The quantitative estimate of drug-likeness (QED) is 0.374. The fourth-order valence-corrected chi connectivity index (χ4v) is 11.2. The monoisotopic (exact) mass is 568 g/mol. The Balaban J connectivity index is 1.35. The van der Waals surface area contributed by atoms with Crippen molar-refractivity contribution in [1.82, 2.24) is 21.3 Å². The van der Waals surface area contributed by atoms with Crippen LogP contribution in [0.2, 0.25) is 0 Å². The van der Waals surface area contributed by atoms with Gasteiger partial charge < -0.3 is 21.3 Å². The number of hydrogen-bond donors (Lipinski definition) is 4. The maximum Gasteiger partial charge on any atom is 0.232 e. The number of hydrogen-bond acceptors (Lipinski definition) is 4. The van der Waals surface area contributed by atoms with Crippen LogP contribution < -0.4 is 21.3 Å². The number of alkyl halides is 1. The van der Waals surface area contributed by atoms with Gasteiger partial charge in [0.05, 0.1) is 11.5 Å². The van der Waals surface area contributed by atoms with E-state index in [1.807, 2.05) is 6.08 Å². The van der Waals surface area contributed by atoms with Gasteiger partial charge >= 0.3 is 0 Å². The second kappa shape index (κ2) is 10.3. The van der Waals surface area contributed by atoms with Crippen molar-refractivity contribution in [2.45, 2.75) is 134 Å². The van der Waals surface area contributed by atoms with E-state index in [-0.39, 0.29) is 53.2 Å². The van der Waals surface area contributed by atoms with E-state index in [1.165, 1.54) is 12.8 Å². The lowest BCUT2D eigenvalue weighted by Crippen LogP contribution is -2.54. The minimum absolute atomic E-state index is 0.0112. The molecule has 7 heteroatoms. The van der Waals surface area contributed by atoms with E-state index >= 15 is 4.39 Å². The standard InChI is InChI=1S/C34H53FN4O2/c1-18-6-5-7-20(12-18)31-28-16-30(40)37-21-10-11-26(36-4)23(13-21)33(2,3)17-29(38-28)34(31)24-15-25(35)22(19-8-9-19)14-27(24)39-32(34)41/h15,18-23,25-29,31,36,38H,5-14,16-17H2,1-4H3,(H,37,40)(H,39,41)/t18?,20?,21?,22?,23?,25?,26?,27?,28-,29+,31?,34-/m0/s1. The molecule has 0 aromatic carbocycles. The van der Waals surface area contributed by atoms with Gasteiger partial charge in [0.25, 0.3) is 0 Å². The number of rotatable bonds is 3. The fourth-order valence-electron chi connectivity index (χ4n) is 11.2. The zero-order valence-electron chi connectivity index (χ0n) is 25.7. The van der Waals surface area contributed by atoms with E-state index in [0.29, 0.717) is 36.1 Å². The molecule has 9 unspecified atom stereocenters. The first-order valence-electron chi connectivity index (χ1n) is 17.0. The van der Waals surface area contributed by atoms with Crippen molar-refractivity contribution in [2.75, 3.05) is 7.05 Å². The Morgan fingerprint density at radius 1 is 0.976 bits per heavy atom. The van der Waals surface area contributed by atoms with Gasteiger partial charge in [-0.05, 0) is 111 Å². The predicted molar refractivity (Wildman–Crippen MR) is 159 cm³/mol. The number of amides is 2. The minimum atomic E-state index is -0.980. The molecule has 7 aliphatic rings. The maximum absolute atomic E-state index is 16.0. The third-order valence-corrected chi connectivity index (χ3v) is 13.2. The van der Waals surface area contributed by atoms with E-state index in [1.54, 1.807) is 0 Å². The van der Waals surface area contributed by atoms with Crippen LogP contribution in [0.25, 0.3) is 0 Å². The molecule has 1 spiro atoms. The van der Waals surface area contributed by atoms with E-state index in [9.17, 15) is 9.59 Å². The Morgan fingerprint density at radius 2 is 1.78 bits per heavy atom. The van der Waals surface area contributed by atoms with Crippen molar-refractivity contribution in [2.24, 2.45) is 46.3 Å². The number of carbonyl (C=O) groups is 2. The Labute approximate surface area is 246 Å².